The third-order valence-electron chi connectivity index (χ3n) is 2.85. The first-order chi connectivity index (χ1) is 9.10. The van der Waals surface area contributed by atoms with Crippen LogP contribution in [0, 0.1) is 6.92 Å². The average Bonchev–Trinajstić information content (AvgIpc) is 2.75. The maximum atomic E-state index is 6.01. The zero-order valence-electron chi connectivity index (χ0n) is 11.2. The minimum absolute atomic E-state index is 0.658. The Balaban J connectivity index is 2.08. The first kappa shape index (κ1) is 13.8. The molecular weight excluding hydrogens is 266 g/mol. The lowest BCUT2D eigenvalue weighted by atomic mass is 10.2. The highest BCUT2D eigenvalue weighted by Gasteiger charge is 2.11. The van der Waals surface area contributed by atoms with Crippen LogP contribution in [0.5, 0.6) is 5.75 Å². The molecule has 19 heavy (non-hydrogen) atoms. The summed E-state index contributed by atoms with van der Waals surface area (Å²) in [5.41, 5.74) is 2.68. The van der Waals surface area contributed by atoms with E-state index < -0.39 is 0 Å². The Labute approximate surface area is 117 Å². The number of ether oxygens (including phenoxy) is 1. The third kappa shape index (κ3) is 3.45. The molecular formula is C13H16ClN3O2. The molecule has 0 radical (unpaired) electrons. The third-order valence-corrected chi connectivity index (χ3v) is 3.08. The quantitative estimate of drug-likeness (QED) is 0.843. The summed E-state index contributed by atoms with van der Waals surface area (Å²) in [5, 5.41) is 8.34. The SMILES string of the molecule is COc1ccc(Cl)cc1CN(C)Cc1nonc1C. The van der Waals surface area contributed by atoms with E-state index in [2.05, 4.69) is 19.8 Å². The first-order valence-corrected chi connectivity index (χ1v) is 6.27. The van der Waals surface area contributed by atoms with E-state index in [1.165, 1.54) is 0 Å². The normalized spacial score (nSPS) is 11.0. The lowest BCUT2D eigenvalue weighted by Gasteiger charge is -2.17. The lowest BCUT2D eigenvalue weighted by molar-refractivity contribution is 0.277. The molecule has 0 aliphatic rings. The average molecular weight is 282 g/mol. The van der Waals surface area contributed by atoms with Crippen molar-refractivity contribution in [3.8, 4) is 5.75 Å². The van der Waals surface area contributed by atoms with Gasteiger partial charge < -0.3 is 4.74 Å². The maximum Gasteiger partial charge on any atom is 0.123 e. The van der Waals surface area contributed by atoms with Gasteiger partial charge in [-0.2, -0.15) is 0 Å². The molecule has 0 spiro atoms. The Morgan fingerprint density at radius 1 is 1.32 bits per heavy atom. The smallest absolute Gasteiger partial charge is 0.123 e. The van der Waals surface area contributed by atoms with Gasteiger partial charge in [0, 0.05) is 23.7 Å². The summed E-state index contributed by atoms with van der Waals surface area (Å²) >= 11 is 6.01. The summed E-state index contributed by atoms with van der Waals surface area (Å²) < 4.78 is 10.0. The van der Waals surface area contributed by atoms with E-state index >= 15 is 0 Å². The predicted octanol–water partition coefficient (Wildman–Crippen LogP) is 2.67. The zero-order valence-corrected chi connectivity index (χ0v) is 11.9. The summed E-state index contributed by atoms with van der Waals surface area (Å²) in [7, 11) is 3.65. The summed E-state index contributed by atoms with van der Waals surface area (Å²) in [4.78, 5) is 2.10. The number of methoxy groups -OCH3 is 1. The van der Waals surface area contributed by atoms with Crippen molar-refractivity contribution in [2.45, 2.75) is 20.0 Å². The van der Waals surface area contributed by atoms with E-state index in [1.807, 2.05) is 32.2 Å². The number of halogens is 1. The maximum absolute atomic E-state index is 6.01. The van der Waals surface area contributed by atoms with Gasteiger partial charge in [-0.25, -0.2) is 4.63 Å². The molecule has 5 nitrogen and oxygen atoms in total. The number of aryl methyl sites for hydroxylation is 1. The van der Waals surface area contributed by atoms with Gasteiger partial charge in [-0.15, -0.1) is 0 Å². The van der Waals surface area contributed by atoms with E-state index in [-0.39, 0.29) is 0 Å². The second-order valence-electron chi connectivity index (χ2n) is 4.42. The second kappa shape index (κ2) is 6.04. The van der Waals surface area contributed by atoms with E-state index in [1.54, 1.807) is 7.11 Å². The molecule has 0 unspecified atom stereocenters. The van der Waals surface area contributed by atoms with Crippen LogP contribution in [0.3, 0.4) is 0 Å². The Hall–Kier alpha value is -1.59. The summed E-state index contributed by atoms with van der Waals surface area (Å²) in [6, 6.07) is 5.59. The molecule has 0 atom stereocenters. The van der Waals surface area contributed by atoms with E-state index in [4.69, 9.17) is 16.3 Å². The van der Waals surface area contributed by atoms with E-state index in [0.717, 1.165) is 22.7 Å². The molecule has 6 heteroatoms. The molecule has 0 aliphatic carbocycles. The molecule has 2 rings (SSSR count). The van der Waals surface area contributed by atoms with Gasteiger partial charge in [0.1, 0.15) is 17.1 Å². The zero-order chi connectivity index (χ0) is 13.8. The highest BCUT2D eigenvalue weighted by Crippen LogP contribution is 2.24. The number of nitrogens with zero attached hydrogens (tertiary/aromatic N) is 3. The van der Waals surface area contributed by atoms with Crippen LogP contribution < -0.4 is 4.74 Å². The topological polar surface area (TPSA) is 51.4 Å². The standard InChI is InChI=1S/C13H16ClN3O2/c1-9-12(16-19-15-9)8-17(2)7-10-6-11(14)4-5-13(10)18-3/h4-6H,7-8H2,1-3H3. The molecule has 2 aromatic rings. The van der Waals surface area contributed by atoms with Crippen LogP contribution >= 0.6 is 11.6 Å². The van der Waals surface area contributed by atoms with Crippen LogP contribution in [0.4, 0.5) is 0 Å². The van der Waals surface area contributed by atoms with Crippen LogP contribution in [0.15, 0.2) is 22.8 Å². The van der Waals surface area contributed by atoms with Crippen molar-refractivity contribution in [2.24, 2.45) is 0 Å². The van der Waals surface area contributed by atoms with Gasteiger partial charge in [0.25, 0.3) is 0 Å². The predicted molar refractivity (Wildman–Crippen MR) is 72.2 cm³/mol. The molecule has 0 saturated heterocycles. The van der Waals surface area contributed by atoms with Crippen LogP contribution in [0.2, 0.25) is 5.02 Å². The van der Waals surface area contributed by atoms with Crippen LogP contribution in [0.25, 0.3) is 0 Å². The number of benzene rings is 1. The molecule has 0 fully saturated rings. The lowest BCUT2D eigenvalue weighted by Crippen LogP contribution is -2.18. The van der Waals surface area contributed by atoms with Crippen molar-refractivity contribution in [1.82, 2.24) is 15.2 Å². The Bertz CT molecular complexity index is 557. The molecule has 0 saturated carbocycles. The van der Waals surface area contributed by atoms with Crippen molar-refractivity contribution < 1.29 is 9.37 Å². The Morgan fingerprint density at radius 3 is 2.74 bits per heavy atom. The molecule has 102 valence electrons. The van der Waals surface area contributed by atoms with Crippen LogP contribution in [0.1, 0.15) is 17.0 Å². The number of aromatic nitrogens is 2. The summed E-state index contributed by atoms with van der Waals surface area (Å²) in [6.45, 7) is 3.24. The molecule has 1 heterocycles. The summed E-state index contributed by atoms with van der Waals surface area (Å²) in [5.74, 6) is 0.825. The molecule has 0 amide bonds. The Kier molecular flexibility index (Phi) is 4.39. The van der Waals surface area contributed by atoms with E-state index in [9.17, 15) is 0 Å². The number of rotatable bonds is 5. The van der Waals surface area contributed by atoms with Crippen LogP contribution in [-0.4, -0.2) is 29.4 Å². The van der Waals surface area contributed by atoms with Gasteiger partial charge in [0.2, 0.25) is 0 Å². The number of hydrogen-bond acceptors (Lipinski definition) is 5. The van der Waals surface area contributed by atoms with Crippen molar-refractivity contribution in [3.05, 3.63) is 40.2 Å². The monoisotopic (exact) mass is 281 g/mol. The van der Waals surface area contributed by atoms with Crippen molar-refractivity contribution in [1.29, 1.82) is 0 Å². The fourth-order valence-electron chi connectivity index (χ4n) is 1.87. The summed E-state index contributed by atoms with van der Waals surface area (Å²) in [6.07, 6.45) is 0. The van der Waals surface area contributed by atoms with Gasteiger partial charge in [-0.05, 0) is 32.2 Å². The highest BCUT2D eigenvalue weighted by molar-refractivity contribution is 6.30. The van der Waals surface area contributed by atoms with Gasteiger partial charge in [-0.1, -0.05) is 21.9 Å². The van der Waals surface area contributed by atoms with Crippen LogP contribution in [-0.2, 0) is 13.1 Å². The Morgan fingerprint density at radius 2 is 2.11 bits per heavy atom. The highest BCUT2D eigenvalue weighted by atomic mass is 35.5. The van der Waals surface area contributed by atoms with Gasteiger partial charge in [-0.3, -0.25) is 4.90 Å². The largest absolute Gasteiger partial charge is 0.496 e. The molecule has 0 aliphatic heterocycles. The van der Waals surface area contributed by atoms with Gasteiger partial charge >= 0.3 is 0 Å². The van der Waals surface area contributed by atoms with Crippen molar-refractivity contribution in [2.75, 3.05) is 14.2 Å². The molecule has 1 aromatic heterocycles. The van der Waals surface area contributed by atoms with Gasteiger partial charge in [0.05, 0.1) is 7.11 Å². The molecule has 0 bridgehead atoms. The molecule has 1 aromatic carbocycles. The van der Waals surface area contributed by atoms with Gasteiger partial charge in [0.15, 0.2) is 0 Å². The van der Waals surface area contributed by atoms with Crippen molar-refractivity contribution >= 4 is 11.6 Å². The first-order valence-electron chi connectivity index (χ1n) is 5.89. The minimum atomic E-state index is 0.658. The minimum Gasteiger partial charge on any atom is -0.496 e. The van der Waals surface area contributed by atoms with E-state index in [0.29, 0.717) is 18.1 Å². The number of hydrogen-bond donors (Lipinski definition) is 0. The fourth-order valence-corrected chi connectivity index (χ4v) is 2.06. The second-order valence-corrected chi connectivity index (χ2v) is 4.86. The molecule has 0 N–H and O–H groups in total. The fraction of sp³-hybridized carbons (Fsp3) is 0.385. The van der Waals surface area contributed by atoms with Crippen molar-refractivity contribution in [3.63, 3.8) is 0 Å².